The maximum Gasteiger partial charge on any atom is 0.173 e. The number of hydrogen-bond donors (Lipinski definition) is 3. The number of H-pyrrole nitrogens is 1. The van der Waals surface area contributed by atoms with Crippen LogP contribution in [0.5, 0.6) is 0 Å². The van der Waals surface area contributed by atoms with E-state index in [4.69, 9.17) is 34.8 Å². The summed E-state index contributed by atoms with van der Waals surface area (Å²) in [6.07, 6.45) is 0. The molecule has 0 saturated heterocycles. The van der Waals surface area contributed by atoms with Crippen molar-refractivity contribution >= 4 is 57.8 Å². The minimum atomic E-state index is 0.463. The van der Waals surface area contributed by atoms with Gasteiger partial charge in [0.1, 0.15) is 10.8 Å². The molecule has 4 nitrogen and oxygen atoms in total. The van der Waals surface area contributed by atoms with Crippen LogP contribution in [0.4, 0.5) is 23.0 Å². The third kappa shape index (κ3) is 3.47. The normalized spacial score (nSPS) is 10.5. The van der Waals surface area contributed by atoms with Crippen LogP contribution >= 0.6 is 34.8 Å². The third-order valence-corrected chi connectivity index (χ3v) is 3.80. The molecule has 0 atom stereocenters. The fourth-order valence-electron chi connectivity index (χ4n) is 1.84. The predicted molar refractivity (Wildman–Crippen MR) is 93.1 cm³/mol. The molecule has 2 aromatic carbocycles. The van der Waals surface area contributed by atoms with E-state index in [-0.39, 0.29) is 0 Å². The van der Waals surface area contributed by atoms with Gasteiger partial charge in [-0.25, -0.2) is 0 Å². The summed E-state index contributed by atoms with van der Waals surface area (Å²) in [5.41, 5.74) is 1.70. The number of nitrogens with zero attached hydrogens (tertiary/aromatic N) is 1. The molecule has 0 aliphatic rings. The van der Waals surface area contributed by atoms with Crippen LogP contribution in [0.15, 0.2) is 48.5 Å². The summed E-state index contributed by atoms with van der Waals surface area (Å²) in [7, 11) is 0. The van der Waals surface area contributed by atoms with Crippen LogP contribution in [0.1, 0.15) is 0 Å². The third-order valence-electron chi connectivity index (χ3n) is 2.93. The Bertz CT molecular complexity index is 701. The largest absolute Gasteiger partial charge is 0.339 e. The molecule has 0 aliphatic heterocycles. The molecule has 0 saturated carbocycles. The van der Waals surface area contributed by atoms with Crippen molar-refractivity contribution in [2.45, 2.75) is 0 Å². The molecular weight excluding hydrogens is 343 g/mol. The van der Waals surface area contributed by atoms with E-state index in [0.29, 0.717) is 26.7 Å². The van der Waals surface area contributed by atoms with Gasteiger partial charge in [0.05, 0.1) is 0 Å². The van der Waals surface area contributed by atoms with Crippen LogP contribution in [0.2, 0.25) is 15.1 Å². The van der Waals surface area contributed by atoms with E-state index in [2.05, 4.69) is 20.8 Å². The highest BCUT2D eigenvalue weighted by Gasteiger charge is 2.11. The van der Waals surface area contributed by atoms with Crippen molar-refractivity contribution in [3.05, 3.63) is 63.6 Å². The SMILES string of the molecule is Clc1ccc(Nc2n[nH]c(Nc3ccc(Cl)cc3)c2Cl)cc1. The van der Waals surface area contributed by atoms with Crippen molar-refractivity contribution in [2.24, 2.45) is 0 Å². The zero-order valence-corrected chi connectivity index (χ0v) is 13.5. The maximum atomic E-state index is 6.32. The smallest absolute Gasteiger partial charge is 0.173 e. The zero-order chi connectivity index (χ0) is 15.5. The van der Waals surface area contributed by atoms with Crippen molar-refractivity contribution in [2.75, 3.05) is 10.6 Å². The maximum absolute atomic E-state index is 6.32. The van der Waals surface area contributed by atoms with Crippen LogP contribution in [0.3, 0.4) is 0 Å². The van der Waals surface area contributed by atoms with Crippen molar-refractivity contribution < 1.29 is 0 Å². The van der Waals surface area contributed by atoms with Gasteiger partial charge in [0, 0.05) is 21.4 Å². The van der Waals surface area contributed by atoms with E-state index >= 15 is 0 Å². The Morgan fingerprint density at radius 1 is 0.727 bits per heavy atom. The first-order valence-electron chi connectivity index (χ1n) is 6.41. The van der Waals surface area contributed by atoms with Crippen LogP contribution in [0, 0.1) is 0 Å². The molecule has 3 N–H and O–H groups in total. The monoisotopic (exact) mass is 352 g/mol. The highest BCUT2D eigenvalue weighted by molar-refractivity contribution is 6.35. The molecule has 1 heterocycles. The average molecular weight is 354 g/mol. The van der Waals surface area contributed by atoms with Gasteiger partial charge in [0.15, 0.2) is 5.82 Å². The Morgan fingerprint density at radius 2 is 1.23 bits per heavy atom. The predicted octanol–water partition coefficient (Wildman–Crippen LogP) is 5.86. The van der Waals surface area contributed by atoms with Gasteiger partial charge < -0.3 is 10.6 Å². The molecule has 112 valence electrons. The summed E-state index contributed by atoms with van der Waals surface area (Å²) in [4.78, 5) is 0. The van der Waals surface area contributed by atoms with Crippen molar-refractivity contribution in [1.29, 1.82) is 0 Å². The Labute approximate surface area is 142 Å². The zero-order valence-electron chi connectivity index (χ0n) is 11.2. The Morgan fingerprint density at radius 3 is 1.77 bits per heavy atom. The Balaban J connectivity index is 1.76. The highest BCUT2D eigenvalue weighted by atomic mass is 35.5. The average Bonchev–Trinajstić information content (AvgIpc) is 2.85. The lowest BCUT2D eigenvalue weighted by Gasteiger charge is -2.05. The van der Waals surface area contributed by atoms with Gasteiger partial charge in [-0.2, -0.15) is 5.10 Å². The summed E-state index contributed by atoms with van der Waals surface area (Å²) in [5, 5.41) is 15.1. The number of halogens is 3. The fourth-order valence-corrected chi connectivity index (χ4v) is 2.27. The van der Waals surface area contributed by atoms with E-state index in [1.807, 2.05) is 24.3 Å². The van der Waals surface area contributed by atoms with Gasteiger partial charge >= 0.3 is 0 Å². The number of aromatic nitrogens is 2. The quantitative estimate of drug-likeness (QED) is 0.551. The molecule has 0 unspecified atom stereocenters. The lowest BCUT2D eigenvalue weighted by Crippen LogP contribution is -1.91. The summed E-state index contributed by atoms with van der Waals surface area (Å²) >= 11 is 18.0. The molecule has 0 amide bonds. The first-order valence-corrected chi connectivity index (χ1v) is 7.54. The standard InChI is InChI=1S/C15H11Cl3N4/c16-9-1-5-11(6-2-9)19-14-13(18)15(22-21-14)20-12-7-3-10(17)4-8-12/h1-8H,(H3,19,20,21,22). The molecule has 0 radical (unpaired) electrons. The van der Waals surface area contributed by atoms with Crippen LogP contribution < -0.4 is 10.6 Å². The minimum absolute atomic E-state index is 0.463. The number of aromatic amines is 1. The van der Waals surface area contributed by atoms with Gasteiger partial charge in [-0.15, -0.1) is 0 Å². The number of hydrogen-bond acceptors (Lipinski definition) is 3. The molecule has 0 fully saturated rings. The summed E-state index contributed by atoms with van der Waals surface area (Å²) in [5.74, 6) is 1.13. The van der Waals surface area contributed by atoms with Crippen LogP contribution in [-0.4, -0.2) is 10.2 Å². The lowest BCUT2D eigenvalue weighted by molar-refractivity contribution is 1.09. The van der Waals surface area contributed by atoms with E-state index in [9.17, 15) is 0 Å². The number of nitrogens with one attached hydrogen (secondary N) is 3. The van der Waals surface area contributed by atoms with Crippen molar-refractivity contribution in [1.82, 2.24) is 10.2 Å². The number of benzene rings is 2. The van der Waals surface area contributed by atoms with E-state index in [1.165, 1.54) is 0 Å². The van der Waals surface area contributed by atoms with Crippen LogP contribution in [-0.2, 0) is 0 Å². The first-order chi connectivity index (χ1) is 10.6. The van der Waals surface area contributed by atoms with E-state index < -0.39 is 0 Å². The molecular formula is C15H11Cl3N4. The second-order valence-corrected chi connectivity index (χ2v) is 5.78. The van der Waals surface area contributed by atoms with Crippen LogP contribution in [0.25, 0.3) is 0 Å². The minimum Gasteiger partial charge on any atom is -0.339 e. The molecule has 0 aliphatic carbocycles. The van der Waals surface area contributed by atoms with Crippen molar-refractivity contribution in [3.8, 4) is 0 Å². The molecule has 3 rings (SSSR count). The number of anilines is 4. The van der Waals surface area contributed by atoms with Gasteiger partial charge in [0.25, 0.3) is 0 Å². The molecule has 22 heavy (non-hydrogen) atoms. The van der Waals surface area contributed by atoms with Gasteiger partial charge in [0.2, 0.25) is 0 Å². The van der Waals surface area contributed by atoms with Crippen molar-refractivity contribution in [3.63, 3.8) is 0 Å². The summed E-state index contributed by atoms with van der Waals surface area (Å²) in [6, 6.07) is 14.6. The topological polar surface area (TPSA) is 52.7 Å². The van der Waals surface area contributed by atoms with Gasteiger partial charge in [-0.1, -0.05) is 34.8 Å². The van der Waals surface area contributed by atoms with Gasteiger partial charge in [-0.3, -0.25) is 5.10 Å². The first kappa shape index (κ1) is 15.0. The Hall–Kier alpha value is -1.88. The summed E-state index contributed by atoms with van der Waals surface area (Å²) < 4.78 is 0. The van der Waals surface area contributed by atoms with Gasteiger partial charge in [-0.05, 0) is 48.5 Å². The molecule has 0 spiro atoms. The lowest BCUT2D eigenvalue weighted by atomic mass is 10.3. The fraction of sp³-hybridized carbons (Fsp3) is 0. The second-order valence-electron chi connectivity index (χ2n) is 4.52. The number of rotatable bonds is 4. The highest BCUT2D eigenvalue weighted by Crippen LogP contribution is 2.32. The second kappa shape index (κ2) is 6.48. The summed E-state index contributed by atoms with van der Waals surface area (Å²) in [6.45, 7) is 0. The van der Waals surface area contributed by atoms with E-state index in [0.717, 1.165) is 11.4 Å². The molecule has 0 bridgehead atoms. The Kier molecular flexibility index (Phi) is 4.43. The van der Waals surface area contributed by atoms with E-state index in [1.54, 1.807) is 24.3 Å². The molecule has 1 aromatic heterocycles. The molecule has 7 heteroatoms. The molecule has 3 aromatic rings.